The molecule has 3 aromatic rings. The highest BCUT2D eigenvalue weighted by molar-refractivity contribution is 5.94. The van der Waals surface area contributed by atoms with Crippen molar-refractivity contribution in [2.45, 2.75) is 25.4 Å². The van der Waals surface area contributed by atoms with Crippen molar-refractivity contribution in [2.24, 2.45) is 0 Å². The second-order valence-electron chi connectivity index (χ2n) is 7.52. The van der Waals surface area contributed by atoms with E-state index in [1.54, 1.807) is 36.5 Å². The van der Waals surface area contributed by atoms with Crippen molar-refractivity contribution in [3.63, 3.8) is 0 Å². The molecule has 5 nitrogen and oxygen atoms in total. The summed E-state index contributed by atoms with van der Waals surface area (Å²) in [5.74, 6) is -0.106. The number of aromatic nitrogens is 1. The molecule has 1 aliphatic heterocycles. The summed E-state index contributed by atoms with van der Waals surface area (Å²) >= 11 is 0. The molecule has 160 valence electrons. The summed E-state index contributed by atoms with van der Waals surface area (Å²) in [7, 11) is 0. The first-order valence-corrected chi connectivity index (χ1v) is 10.2. The predicted octanol–water partition coefficient (Wildman–Crippen LogP) is 4.55. The molecule has 0 unspecified atom stereocenters. The maximum absolute atomic E-state index is 13.9. The standard InChI is InChI=1S/C24H23F2N3O2/c25-21-4-3-5-22(26)20(21)16-29-14-11-18(12-15-29)28-24(30)17-7-9-19(10-8-17)31-23-6-1-2-13-27-23/h1-10,13,18H,11-12,14-16H2,(H,28,30). The molecule has 1 aromatic heterocycles. The Kier molecular flexibility index (Phi) is 6.52. The molecule has 31 heavy (non-hydrogen) atoms. The van der Waals surface area contributed by atoms with Crippen LogP contribution >= 0.6 is 0 Å². The van der Waals surface area contributed by atoms with Crippen LogP contribution in [0, 0.1) is 11.6 Å². The molecule has 0 bridgehead atoms. The van der Waals surface area contributed by atoms with Crippen LogP contribution in [0.2, 0.25) is 0 Å². The van der Waals surface area contributed by atoms with Gasteiger partial charge in [-0.3, -0.25) is 9.69 Å². The van der Waals surface area contributed by atoms with Gasteiger partial charge in [-0.05, 0) is 55.3 Å². The van der Waals surface area contributed by atoms with E-state index in [9.17, 15) is 13.6 Å². The normalized spacial score (nSPS) is 14.9. The lowest BCUT2D eigenvalue weighted by Gasteiger charge is -2.32. The van der Waals surface area contributed by atoms with Crippen LogP contribution in [0.25, 0.3) is 0 Å². The summed E-state index contributed by atoms with van der Waals surface area (Å²) in [6.45, 7) is 1.56. The minimum atomic E-state index is -0.522. The molecule has 0 saturated carbocycles. The highest BCUT2D eigenvalue weighted by Gasteiger charge is 2.23. The Morgan fingerprint density at radius 3 is 2.35 bits per heavy atom. The summed E-state index contributed by atoms with van der Waals surface area (Å²) in [5.41, 5.74) is 0.641. The van der Waals surface area contributed by atoms with Crippen LogP contribution in [0.5, 0.6) is 11.6 Å². The van der Waals surface area contributed by atoms with Gasteiger partial charge in [0.15, 0.2) is 0 Å². The number of benzene rings is 2. The number of amides is 1. The van der Waals surface area contributed by atoms with Gasteiger partial charge in [-0.25, -0.2) is 13.8 Å². The topological polar surface area (TPSA) is 54.5 Å². The van der Waals surface area contributed by atoms with Crippen molar-refractivity contribution in [2.75, 3.05) is 13.1 Å². The minimum absolute atomic E-state index is 0.0265. The molecule has 7 heteroatoms. The van der Waals surface area contributed by atoms with E-state index in [2.05, 4.69) is 10.3 Å². The highest BCUT2D eigenvalue weighted by Crippen LogP contribution is 2.21. The first-order chi connectivity index (χ1) is 15.1. The lowest BCUT2D eigenvalue weighted by molar-refractivity contribution is 0.0908. The van der Waals surface area contributed by atoms with Crippen LogP contribution in [-0.4, -0.2) is 34.9 Å². The number of hydrogen-bond acceptors (Lipinski definition) is 4. The first-order valence-electron chi connectivity index (χ1n) is 10.2. The smallest absolute Gasteiger partial charge is 0.251 e. The Bertz CT molecular complexity index is 1000. The van der Waals surface area contributed by atoms with Gasteiger partial charge >= 0.3 is 0 Å². The number of hydrogen-bond donors (Lipinski definition) is 1. The van der Waals surface area contributed by atoms with E-state index in [1.807, 2.05) is 17.0 Å². The van der Waals surface area contributed by atoms with Crippen molar-refractivity contribution in [1.82, 2.24) is 15.2 Å². The number of pyridine rings is 1. The third-order valence-corrected chi connectivity index (χ3v) is 5.34. The number of halogens is 2. The van der Waals surface area contributed by atoms with E-state index in [1.165, 1.54) is 18.2 Å². The second-order valence-corrected chi connectivity index (χ2v) is 7.52. The fourth-order valence-corrected chi connectivity index (χ4v) is 3.61. The molecule has 1 N–H and O–H groups in total. The number of rotatable bonds is 6. The molecule has 0 spiro atoms. The molecule has 0 radical (unpaired) electrons. The number of nitrogens with one attached hydrogen (secondary N) is 1. The zero-order chi connectivity index (χ0) is 21.6. The van der Waals surface area contributed by atoms with E-state index in [0.29, 0.717) is 30.3 Å². The van der Waals surface area contributed by atoms with Gasteiger partial charge in [0.05, 0.1) is 0 Å². The number of likely N-dealkylation sites (tertiary alicyclic amines) is 1. The predicted molar refractivity (Wildman–Crippen MR) is 113 cm³/mol. The van der Waals surface area contributed by atoms with Crippen LogP contribution in [0.15, 0.2) is 66.9 Å². The van der Waals surface area contributed by atoms with Gasteiger partial charge in [-0.2, -0.15) is 0 Å². The number of nitrogens with zero attached hydrogens (tertiary/aromatic N) is 2. The average Bonchev–Trinajstić information content (AvgIpc) is 2.79. The zero-order valence-electron chi connectivity index (χ0n) is 16.9. The molecule has 2 aromatic carbocycles. The highest BCUT2D eigenvalue weighted by atomic mass is 19.1. The molecular weight excluding hydrogens is 400 g/mol. The second kappa shape index (κ2) is 9.66. The average molecular weight is 423 g/mol. The number of ether oxygens (including phenoxy) is 1. The van der Waals surface area contributed by atoms with Gasteiger partial charge in [-0.1, -0.05) is 12.1 Å². The zero-order valence-corrected chi connectivity index (χ0v) is 16.9. The molecule has 4 rings (SSSR count). The maximum Gasteiger partial charge on any atom is 0.251 e. The molecule has 1 fully saturated rings. The van der Waals surface area contributed by atoms with E-state index in [4.69, 9.17) is 4.74 Å². The fourth-order valence-electron chi connectivity index (χ4n) is 3.61. The lowest BCUT2D eigenvalue weighted by Crippen LogP contribution is -2.44. The number of piperidine rings is 1. The Labute approximate surface area is 179 Å². The Hall–Kier alpha value is -3.32. The lowest BCUT2D eigenvalue weighted by atomic mass is 10.0. The fraction of sp³-hybridized carbons (Fsp3) is 0.250. The van der Waals surface area contributed by atoms with E-state index in [-0.39, 0.29) is 24.1 Å². The Morgan fingerprint density at radius 2 is 1.71 bits per heavy atom. The first kappa shape index (κ1) is 20.9. The molecule has 1 saturated heterocycles. The largest absolute Gasteiger partial charge is 0.439 e. The monoisotopic (exact) mass is 423 g/mol. The van der Waals surface area contributed by atoms with Crippen LogP contribution in [0.1, 0.15) is 28.8 Å². The minimum Gasteiger partial charge on any atom is -0.439 e. The maximum atomic E-state index is 13.9. The van der Waals surface area contributed by atoms with Gasteiger partial charge < -0.3 is 10.1 Å². The third kappa shape index (κ3) is 5.44. The summed E-state index contributed by atoms with van der Waals surface area (Å²) in [6, 6.07) is 16.2. The number of carbonyl (C=O) groups is 1. The van der Waals surface area contributed by atoms with Crippen molar-refractivity contribution in [1.29, 1.82) is 0 Å². The van der Waals surface area contributed by atoms with Crippen molar-refractivity contribution >= 4 is 5.91 Å². The molecule has 0 atom stereocenters. The Balaban J connectivity index is 1.27. The number of carbonyl (C=O) groups excluding carboxylic acids is 1. The SMILES string of the molecule is O=C(NC1CCN(Cc2c(F)cccc2F)CC1)c1ccc(Oc2ccccn2)cc1. The van der Waals surface area contributed by atoms with Crippen molar-refractivity contribution in [3.05, 3.63) is 89.6 Å². The van der Waals surface area contributed by atoms with Gasteiger partial charge in [0.2, 0.25) is 5.88 Å². The van der Waals surface area contributed by atoms with Gasteiger partial charge in [-0.15, -0.1) is 0 Å². The van der Waals surface area contributed by atoms with E-state index < -0.39 is 11.6 Å². The summed E-state index contributed by atoms with van der Waals surface area (Å²) < 4.78 is 33.4. The summed E-state index contributed by atoms with van der Waals surface area (Å²) in [4.78, 5) is 18.7. The summed E-state index contributed by atoms with van der Waals surface area (Å²) in [5, 5.41) is 3.04. The van der Waals surface area contributed by atoms with Gasteiger partial charge in [0.1, 0.15) is 17.4 Å². The third-order valence-electron chi connectivity index (χ3n) is 5.34. The van der Waals surface area contributed by atoms with E-state index in [0.717, 1.165) is 12.8 Å². The van der Waals surface area contributed by atoms with Crippen LogP contribution in [0.3, 0.4) is 0 Å². The van der Waals surface area contributed by atoms with Crippen LogP contribution in [-0.2, 0) is 6.54 Å². The van der Waals surface area contributed by atoms with Gasteiger partial charge in [0.25, 0.3) is 5.91 Å². The van der Waals surface area contributed by atoms with Gasteiger partial charge in [0, 0.05) is 49.1 Å². The molecule has 0 aliphatic carbocycles. The molecule has 1 aliphatic rings. The quantitative estimate of drug-likeness (QED) is 0.632. The van der Waals surface area contributed by atoms with Crippen LogP contribution in [0.4, 0.5) is 8.78 Å². The molecule has 2 heterocycles. The molecule has 1 amide bonds. The molecular formula is C24H23F2N3O2. The van der Waals surface area contributed by atoms with E-state index >= 15 is 0 Å². The van der Waals surface area contributed by atoms with Crippen LogP contribution < -0.4 is 10.1 Å². The summed E-state index contributed by atoms with van der Waals surface area (Å²) in [6.07, 6.45) is 3.10. The van der Waals surface area contributed by atoms with Crippen molar-refractivity contribution in [3.8, 4) is 11.6 Å². The Morgan fingerprint density at radius 1 is 1.00 bits per heavy atom. The van der Waals surface area contributed by atoms with Crippen molar-refractivity contribution < 1.29 is 18.3 Å².